The van der Waals surface area contributed by atoms with Gasteiger partial charge in [0.15, 0.2) is 23.2 Å². The molecule has 4 N–H and O–H groups in total. The number of hydrogen-bond acceptors (Lipinski definition) is 8. The minimum absolute atomic E-state index is 0.0223. The van der Waals surface area contributed by atoms with Crippen molar-refractivity contribution < 1.29 is 24.9 Å². The Morgan fingerprint density at radius 1 is 1.10 bits per heavy atom. The highest BCUT2D eigenvalue weighted by molar-refractivity contribution is 6.00. The highest BCUT2D eigenvalue weighted by Gasteiger charge is 2.54. The minimum atomic E-state index is -1.24. The zero-order valence-electron chi connectivity index (χ0n) is 17.1. The highest BCUT2D eigenvalue weighted by Crippen LogP contribution is 2.60. The Kier molecular flexibility index (Phi) is 4.37. The number of aliphatic hydroxyl groups excluding tert-OH is 3. The number of aliphatic hydroxyl groups is 3. The van der Waals surface area contributed by atoms with Gasteiger partial charge in [0.05, 0.1) is 18.3 Å². The summed E-state index contributed by atoms with van der Waals surface area (Å²) in [5, 5.41) is 32.8. The van der Waals surface area contributed by atoms with Crippen molar-refractivity contribution in [2.75, 3.05) is 11.9 Å². The number of carbonyl (C=O) groups is 1. The Morgan fingerprint density at radius 3 is 2.39 bits per heavy atom. The molecule has 4 atom stereocenters. The molecule has 4 aliphatic carbocycles. The van der Waals surface area contributed by atoms with E-state index in [1.807, 2.05) is 0 Å². The van der Waals surface area contributed by atoms with Crippen molar-refractivity contribution in [2.24, 2.45) is 23.2 Å². The van der Waals surface area contributed by atoms with E-state index in [1.54, 1.807) is 0 Å². The number of hydrogen-bond donors (Lipinski definition) is 4. The van der Waals surface area contributed by atoms with Crippen molar-refractivity contribution in [3.05, 3.63) is 12.7 Å². The zero-order valence-corrected chi connectivity index (χ0v) is 17.1. The first-order valence-electron chi connectivity index (χ1n) is 11.1. The third-order valence-corrected chi connectivity index (χ3v) is 7.90. The van der Waals surface area contributed by atoms with Crippen LogP contribution in [0.1, 0.15) is 44.8 Å². The molecule has 4 bridgehead atoms. The van der Waals surface area contributed by atoms with Crippen LogP contribution in [0, 0.1) is 23.2 Å². The topological polar surface area (TPSA) is 143 Å². The second kappa shape index (κ2) is 6.93. The second-order valence-corrected chi connectivity index (χ2v) is 9.93. The quantitative estimate of drug-likeness (QED) is 0.553. The van der Waals surface area contributed by atoms with Gasteiger partial charge < -0.3 is 25.4 Å². The average Bonchev–Trinajstić information content (AvgIpc) is 3.29. The number of fused-ring (bicyclic) bond motifs is 1. The number of aromatic nitrogens is 4. The lowest BCUT2D eigenvalue weighted by Gasteiger charge is -2.55. The summed E-state index contributed by atoms with van der Waals surface area (Å²) in [7, 11) is 0. The van der Waals surface area contributed by atoms with Gasteiger partial charge in [-0.2, -0.15) is 0 Å². The summed E-state index contributed by atoms with van der Waals surface area (Å²) in [6.07, 6.45) is 5.14. The molecule has 2 aromatic rings. The second-order valence-electron chi connectivity index (χ2n) is 9.93. The molecule has 1 saturated heterocycles. The summed E-state index contributed by atoms with van der Waals surface area (Å²) in [5.41, 5.74) is 0.474. The molecule has 0 unspecified atom stereocenters. The number of imidazole rings is 1. The molecule has 0 aromatic carbocycles. The smallest absolute Gasteiger partial charge is 0.231 e. The van der Waals surface area contributed by atoms with E-state index in [0.717, 1.165) is 19.3 Å². The van der Waals surface area contributed by atoms with E-state index in [-0.39, 0.29) is 11.3 Å². The van der Waals surface area contributed by atoms with Crippen molar-refractivity contribution in [1.82, 2.24) is 19.5 Å². The molecule has 31 heavy (non-hydrogen) atoms. The Balaban J connectivity index is 1.29. The fourth-order valence-electron chi connectivity index (χ4n) is 6.87. The van der Waals surface area contributed by atoms with Crippen LogP contribution in [0.25, 0.3) is 11.2 Å². The number of ether oxygens (including phenoxy) is 1. The molecule has 1 aliphatic heterocycles. The maximum absolute atomic E-state index is 13.4. The summed E-state index contributed by atoms with van der Waals surface area (Å²) in [6, 6.07) is 0. The minimum Gasteiger partial charge on any atom is -0.394 e. The van der Waals surface area contributed by atoms with E-state index in [1.165, 1.54) is 36.5 Å². The largest absolute Gasteiger partial charge is 0.394 e. The van der Waals surface area contributed by atoms with Crippen molar-refractivity contribution in [1.29, 1.82) is 0 Å². The fourth-order valence-corrected chi connectivity index (χ4v) is 6.87. The Bertz CT molecular complexity index is 989. The molecule has 2 aromatic heterocycles. The molecular weight excluding hydrogens is 402 g/mol. The fraction of sp³-hybridized carbons (Fsp3) is 0.714. The molecule has 1 amide bonds. The van der Waals surface area contributed by atoms with Crippen LogP contribution in [0.5, 0.6) is 0 Å². The molecule has 4 saturated carbocycles. The van der Waals surface area contributed by atoms with Crippen LogP contribution in [0.4, 0.5) is 5.82 Å². The van der Waals surface area contributed by atoms with Gasteiger partial charge in [-0.3, -0.25) is 9.36 Å². The summed E-state index contributed by atoms with van der Waals surface area (Å²) in [4.78, 5) is 26.3. The number of nitrogens with one attached hydrogen (secondary N) is 1. The van der Waals surface area contributed by atoms with Gasteiger partial charge in [-0.25, -0.2) is 15.0 Å². The molecule has 7 rings (SSSR count). The SMILES string of the molecule is O=C(Nc1ncnc2c1ncn2[C@@H]1O[C@@H](CO)[C@@H](O)[C@H]1O)C12CC3CC(CC(C3)C1)C2. The van der Waals surface area contributed by atoms with E-state index in [0.29, 0.717) is 34.7 Å². The number of carbonyl (C=O) groups excluding carboxylic acids is 1. The summed E-state index contributed by atoms with van der Waals surface area (Å²) in [5.74, 6) is 2.35. The first-order valence-corrected chi connectivity index (χ1v) is 11.1. The lowest BCUT2D eigenvalue weighted by Crippen LogP contribution is -2.51. The third-order valence-electron chi connectivity index (χ3n) is 7.90. The van der Waals surface area contributed by atoms with Crippen molar-refractivity contribution in [3.8, 4) is 0 Å². The average molecular weight is 429 g/mol. The zero-order chi connectivity index (χ0) is 21.3. The van der Waals surface area contributed by atoms with Gasteiger partial charge in [0.2, 0.25) is 5.91 Å². The number of nitrogens with zero attached hydrogens (tertiary/aromatic N) is 4. The Labute approximate surface area is 178 Å². The predicted molar refractivity (Wildman–Crippen MR) is 108 cm³/mol. The first kappa shape index (κ1) is 19.5. The normalized spacial score (nSPS) is 41.2. The van der Waals surface area contributed by atoms with Crippen LogP contribution in [0.15, 0.2) is 12.7 Å². The summed E-state index contributed by atoms with van der Waals surface area (Å²) in [6.45, 7) is -0.414. The lowest BCUT2D eigenvalue weighted by molar-refractivity contribution is -0.140. The van der Waals surface area contributed by atoms with Crippen LogP contribution in [0.3, 0.4) is 0 Å². The maximum Gasteiger partial charge on any atom is 0.231 e. The van der Waals surface area contributed by atoms with Gasteiger partial charge in [-0.1, -0.05) is 0 Å². The molecule has 0 radical (unpaired) electrons. The highest BCUT2D eigenvalue weighted by atomic mass is 16.6. The molecule has 5 aliphatic rings. The van der Waals surface area contributed by atoms with E-state index in [9.17, 15) is 20.1 Å². The first-order chi connectivity index (χ1) is 15.0. The molecule has 10 nitrogen and oxygen atoms in total. The van der Waals surface area contributed by atoms with Gasteiger partial charge in [-0.15, -0.1) is 0 Å². The maximum atomic E-state index is 13.4. The van der Waals surface area contributed by atoms with Gasteiger partial charge in [-0.05, 0) is 56.3 Å². The van der Waals surface area contributed by atoms with Crippen molar-refractivity contribution in [2.45, 2.75) is 63.1 Å². The molecule has 166 valence electrons. The van der Waals surface area contributed by atoms with Crippen LogP contribution in [-0.2, 0) is 9.53 Å². The molecular formula is C21H27N5O5. The molecule has 0 spiro atoms. The summed E-state index contributed by atoms with van der Waals surface area (Å²) < 4.78 is 7.10. The monoisotopic (exact) mass is 429 g/mol. The van der Waals surface area contributed by atoms with E-state index < -0.39 is 31.1 Å². The predicted octanol–water partition coefficient (Wildman–Crippen LogP) is 0.593. The van der Waals surface area contributed by atoms with Gasteiger partial charge in [0, 0.05) is 0 Å². The standard InChI is InChI=1S/C21H27N5O5/c27-7-13-15(28)16(29)19(31-13)26-9-24-14-17(22-8-23-18(14)26)25-20(30)21-4-10-1-11(5-21)3-12(2-10)6-21/h8-13,15-16,19,27-29H,1-7H2,(H,22,23,25,30)/t10?,11?,12?,13-,15+,16+,19+,21?/m0/s1. The van der Waals surface area contributed by atoms with E-state index in [2.05, 4.69) is 20.3 Å². The number of anilines is 1. The molecule has 10 heteroatoms. The third kappa shape index (κ3) is 2.92. The van der Waals surface area contributed by atoms with Crippen LogP contribution >= 0.6 is 0 Å². The van der Waals surface area contributed by atoms with Crippen LogP contribution < -0.4 is 5.32 Å². The van der Waals surface area contributed by atoms with E-state index in [4.69, 9.17) is 4.74 Å². The Hall–Kier alpha value is -2.14. The number of rotatable bonds is 4. The van der Waals surface area contributed by atoms with Gasteiger partial charge in [0.25, 0.3) is 0 Å². The molecule has 3 heterocycles. The Morgan fingerprint density at radius 2 is 1.77 bits per heavy atom. The lowest BCUT2D eigenvalue weighted by atomic mass is 9.49. The van der Waals surface area contributed by atoms with E-state index >= 15 is 0 Å². The van der Waals surface area contributed by atoms with Crippen molar-refractivity contribution in [3.63, 3.8) is 0 Å². The van der Waals surface area contributed by atoms with Crippen LogP contribution in [-0.4, -0.2) is 65.7 Å². The summed E-state index contributed by atoms with van der Waals surface area (Å²) >= 11 is 0. The number of amides is 1. The van der Waals surface area contributed by atoms with Gasteiger partial charge >= 0.3 is 0 Å². The van der Waals surface area contributed by atoms with Crippen molar-refractivity contribution >= 4 is 22.9 Å². The van der Waals surface area contributed by atoms with Crippen LogP contribution in [0.2, 0.25) is 0 Å². The molecule has 5 fully saturated rings. The van der Waals surface area contributed by atoms with Gasteiger partial charge in [0.1, 0.15) is 24.6 Å².